The number of hydrogen-bond acceptors (Lipinski definition) is 13. The summed E-state index contributed by atoms with van der Waals surface area (Å²) in [7, 11) is 1.00. The maximum Gasteiger partial charge on any atom is 0.0879 e. The Hall–Kier alpha value is -5.20. The number of hydrogen-bond donors (Lipinski definition) is 7. The summed E-state index contributed by atoms with van der Waals surface area (Å²) in [6.07, 6.45) is 9.10. The first-order valence-corrected chi connectivity index (χ1v) is 29.1. The van der Waals surface area contributed by atoms with Gasteiger partial charge in [-0.25, -0.2) is 0 Å². The Morgan fingerprint density at radius 3 is 0.827 bits per heavy atom. The highest BCUT2D eigenvalue weighted by Crippen LogP contribution is 2.25. The summed E-state index contributed by atoms with van der Waals surface area (Å²) in [5.41, 5.74) is 8.00. The Labute approximate surface area is 484 Å². The number of aryl methyl sites for hydroxylation is 4. The van der Waals surface area contributed by atoms with Gasteiger partial charge >= 0.3 is 0 Å². The number of aliphatic hydroxyl groups is 5. The monoisotopic (exact) mass is 1110 g/mol. The molecule has 442 valence electrons. The Bertz CT molecular complexity index is 2240. The van der Waals surface area contributed by atoms with Gasteiger partial charge in [0.1, 0.15) is 0 Å². The third-order valence-electron chi connectivity index (χ3n) is 15.0. The molecule has 0 saturated carbocycles. The van der Waals surface area contributed by atoms with Crippen LogP contribution in [-0.2, 0) is 57.7 Å². The smallest absolute Gasteiger partial charge is 0.0879 e. The second-order valence-electron chi connectivity index (χ2n) is 20.7. The molecule has 0 aromatic heterocycles. The zero-order chi connectivity index (χ0) is 56.2. The van der Waals surface area contributed by atoms with Crippen molar-refractivity contribution >= 4 is 0 Å². The molecule has 4 saturated heterocycles. The Kier molecular flexibility index (Phi) is 33.0. The highest BCUT2D eigenvalue weighted by molar-refractivity contribution is 5.19. The molecule has 4 aliphatic rings. The van der Waals surface area contributed by atoms with Crippen LogP contribution in [-0.4, -0.2) is 170 Å². The van der Waals surface area contributed by atoms with Gasteiger partial charge in [0.05, 0.1) is 75.0 Å². The number of nitrogens with zero attached hydrogens (tertiary/aromatic N) is 2. The van der Waals surface area contributed by atoms with Crippen LogP contribution in [0.5, 0.6) is 0 Å². The van der Waals surface area contributed by atoms with Crippen molar-refractivity contribution in [3.05, 3.63) is 215 Å². The van der Waals surface area contributed by atoms with Crippen molar-refractivity contribution < 1.29 is 44.5 Å². The van der Waals surface area contributed by atoms with Gasteiger partial charge in [0.15, 0.2) is 0 Å². The van der Waals surface area contributed by atoms with Crippen LogP contribution in [0.2, 0.25) is 0 Å². The molecule has 10 rings (SSSR count). The molecule has 8 atom stereocenters. The van der Waals surface area contributed by atoms with Gasteiger partial charge in [0.25, 0.3) is 0 Å². The van der Waals surface area contributed by atoms with Crippen LogP contribution in [0.4, 0.5) is 0 Å². The van der Waals surface area contributed by atoms with Crippen molar-refractivity contribution in [1.29, 1.82) is 0 Å². The molecule has 4 fully saturated rings. The van der Waals surface area contributed by atoms with E-state index >= 15 is 0 Å². The summed E-state index contributed by atoms with van der Waals surface area (Å²) >= 11 is 0. The fourth-order valence-corrected chi connectivity index (χ4v) is 10.1. The minimum Gasteiger partial charge on any atom is -0.400 e. The molecule has 4 aliphatic heterocycles. The van der Waals surface area contributed by atoms with Gasteiger partial charge in [0, 0.05) is 72.8 Å². The zero-order valence-electron chi connectivity index (χ0n) is 47.3. The maximum atomic E-state index is 9.62. The number of aliphatic hydroxyl groups excluding tert-OH is 5. The van der Waals surface area contributed by atoms with Gasteiger partial charge in [-0.05, 0) is 84.7 Å². The quantitative estimate of drug-likeness (QED) is 0.0237. The molecule has 7 N–H and O–H groups in total. The van der Waals surface area contributed by atoms with E-state index in [4.69, 9.17) is 34.3 Å². The van der Waals surface area contributed by atoms with Gasteiger partial charge < -0.3 is 55.1 Å². The molecule has 4 heterocycles. The van der Waals surface area contributed by atoms with Crippen LogP contribution >= 0.6 is 0 Å². The minimum atomic E-state index is 0. The molecule has 0 spiro atoms. The molecular formula is C68H96N4O9. The van der Waals surface area contributed by atoms with E-state index in [1.54, 1.807) is 0 Å². The topological polar surface area (TPSA) is 169 Å². The van der Waals surface area contributed by atoms with Crippen LogP contribution < -0.4 is 10.6 Å². The van der Waals surface area contributed by atoms with Crippen molar-refractivity contribution in [3.63, 3.8) is 0 Å². The highest BCUT2D eigenvalue weighted by atomic mass is 16.5. The van der Waals surface area contributed by atoms with Crippen molar-refractivity contribution in [2.24, 2.45) is 0 Å². The van der Waals surface area contributed by atoms with Crippen molar-refractivity contribution in [3.8, 4) is 0 Å². The number of likely N-dealkylation sites (tertiary alicyclic amines) is 2. The first-order valence-electron chi connectivity index (χ1n) is 29.1. The van der Waals surface area contributed by atoms with Crippen molar-refractivity contribution in [2.45, 2.75) is 120 Å². The summed E-state index contributed by atoms with van der Waals surface area (Å²) in [6, 6.07) is 63.2. The lowest BCUT2D eigenvalue weighted by Gasteiger charge is -2.47. The zero-order valence-corrected chi connectivity index (χ0v) is 47.3. The average Bonchev–Trinajstić information content (AvgIpc) is 3.49. The molecular weight excluding hydrogens is 1020 g/mol. The second-order valence-corrected chi connectivity index (χ2v) is 20.7. The molecule has 6 aromatic rings. The summed E-state index contributed by atoms with van der Waals surface area (Å²) in [4.78, 5) is 4.58. The molecule has 0 bridgehead atoms. The Morgan fingerprint density at radius 2 is 0.605 bits per heavy atom. The van der Waals surface area contributed by atoms with E-state index in [0.29, 0.717) is 0 Å². The van der Waals surface area contributed by atoms with E-state index in [9.17, 15) is 10.2 Å². The number of rotatable bonds is 28. The van der Waals surface area contributed by atoms with E-state index < -0.39 is 0 Å². The van der Waals surface area contributed by atoms with Crippen molar-refractivity contribution in [2.75, 3.05) is 86.1 Å². The van der Waals surface area contributed by atoms with Gasteiger partial charge in [-0.3, -0.25) is 9.80 Å². The fraction of sp³-hybridized carbons (Fsp3) is 0.471. The van der Waals surface area contributed by atoms with Gasteiger partial charge in [-0.2, -0.15) is 0 Å². The minimum absolute atomic E-state index is 0. The third-order valence-corrected chi connectivity index (χ3v) is 15.0. The first kappa shape index (κ1) is 66.6. The van der Waals surface area contributed by atoms with E-state index in [2.05, 4.69) is 166 Å². The Morgan fingerprint density at radius 1 is 0.358 bits per heavy atom. The van der Waals surface area contributed by atoms with Gasteiger partial charge in [0.2, 0.25) is 0 Å². The molecule has 0 unspecified atom stereocenters. The number of benzene rings is 6. The molecule has 13 nitrogen and oxygen atoms in total. The average molecular weight is 1110 g/mol. The summed E-state index contributed by atoms with van der Waals surface area (Å²) in [5.74, 6) is 0. The lowest BCUT2D eigenvalue weighted by atomic mass is 9.98. The highest BCUT2D eigenvalue weighted by Gasteiger charge is 2.40. The maximum absolute atomic E-state index is 9.62. The molecule has 0 aliphatic carbocycles. The van der Waals surface area contributed by atoms with E-state index in [1.165, 1.54) is 33.4 Å². The summed E-state index contributed by atoms with van der Waals surface area (Å²) in [5, 5.41) is 50.4. The largest absolute Gasteiger partial charge is 0.400 e. The number of nitrogens with one attached hydrogen (secondary N) is 2. The molecule has 13 heteroatoms. The normalized spacial score (nSPS) is 21.6. The lowest BCUT2D eigenvalue weighted by Crippen LogP contribution is -2.62. The standard InChI is InChI=1S/2C20H25NO2.2C13H19NO2.CH4O.CH4/c2*22-16-19-20(15-21(19)14-18-10-5-2-6-11-18)23-13-7-12-17-8-3-1-4-9-17;2*15-10-12-13(9-14-12)16-8-4-7-11-5-2-1-3-6-11;1-2;/h2*1-6,8-11,19-20,22H,7,12-16H2;2*1-3,5-6,12-15H,4,7-10H2;2H,1H3;1H4/t2*19-,20-;2*12-,13-;;/m1010../s1. The molecule has 81 heavy (non-hydrogen) atoms. The molecule has 0 radical (unpaired) electrons. The van der Waals surface area contributed by atoms with Crippen LogP contribution in [0.25, 0.3) is 0 Å². The Balaban J connectivity index is 0.000000198. The van der Waals surface area contributed by atoms with Gasteiger partial charge in [-0.1, -0.05) is 189 Å². The SMILES string of the molecule is C.CO.OC[C@@H]1NC[C@@H]1OCCCc1ccccc1.OC[C@@H]1[C@H](OCCCc2ccccc2)CN1Cc1ccccc1.OC[C@H]1NC[C@H]1OCCCc1ccccc1.OC[C@H]1[C@@H](OCCCc2ccccc2)CN1Cc1ccccc1. The summed E-state index contributed by atoms with van der Waals surface area (Å²) < 4.78 is 23.3. The van der Waals surface area contributed by atoms with Crippen LogP contribution in [0.15, 0.2) is 182 Å². The molecule has 0 amide bonds. The number of ether oxygens (including phenoxy) is 4. The third kappa shape index (κ3) is 23.9. The lowest BCUT2D eigenvalue weighted by molar-refractivity contribution is -0.123. The van der Waals surface area contributed by atoms with Crippen molar-refractivity contribution in [1.82, 2.24) is 20.4 Å². The second kappa shape index (κ2) is 40.1. The molecule has 6 aromatic carbocycles. The summed E-state index contributed by atoms with van der Waals surface area (Å²) in [6.45, 7) is 9.06. The predicted octanol–water partition coefficient (Wildman–Crippen LogP) is 7.94. The van der Waals surface area contributed by atoms with Crippen LogP contribution in [0.1, 0.15) is 66.5 Å². The van der Waals surface area contributed by atoms with Crippen LogP contribution in [0.3, 0.4) is 0 Å². The first-order chi connectivity index (χ1) is 39.5. The van der Waals surface area contributed by atoms with E-state index in [0.717, 1.165) is 124 Å². The van der Waals surface area contributed by atoms with E-state index in [-0.39, 0.29) is 82.4 Å². The van der Waals surface area contributed by atoms with Gasteiger partial charge in [-0.15, -0.1) is 0 Å². The predicted molar refractivity (Wildman–Crippen MR) is 326 cm³/mol. The van der Waals surface area contributed by atoms with E-state index in [1.807, 2.05) is 36.4 Å². The van der Waals surface area contributed by atoms with Crippen LogP contribution in [0, 0.1) is 0 Å². The fourth-order valence-electron chi connectivity index (χ4n) is 10.1.